The first-order valence-corrected chi connectivity index (χ1v) is 6.34. The van der Waals surface area contributed by atoms with Gasteiger partial charge in [0.2, 0.25) is 0 Å². The molecule has 2 aromatic heterocycles. The van der Waals surface area contributed by atoms with E-state index in [1.165, 1.54) is 6.20 Å². The molecule has 1 fully saturated rings. The fourth-order valence-corrected chi connectivity index (χ4v) is 2.52. The lowest BCUT2D eigenvalue weighted by Gasteiger charge is -2.22. The number of pyridine rings is 1. The summed E-state index contributed by atoms with van der Waals surface area (Å²) in [5.41, 5.74) is 1.67. The van der Waals surface area contributed by atoms with Gasteiger partial charge in [0.25, 0.3) is 11.6 Å². The Balaban J connectivity index is 1.94. The van der Waals surface area contributed by atoms with Crippen LogP contribution in [0.1, 0.15) is 28.9 Å². The summed E-state index contributed by atoms with van der Waals surface area (Å²) in [5, 5.41) is 13.9. The quantitative estimate of drug-likeness (QED) is 0.876. The number of aliphatic hydroxyl groups excluding tert-OH is 1. The summed E-state index contributed by atoms with van der Waals surface area (Å²) in [4.78, 5) is 18.2. The molecule has 1 unspecified atom stereocenters. The Morgan fingerprint density at radius 3 is 3.26 bits per heavy atom. The number of amides is 1. The number of hydrogen-bond acceptors (Lipinski definition) is 5. The largest absolute Gasteiger partial charge is 0.394 e. The summed E-state index contributed by atoms with van der Waals surface area (Å²) in [6.45, 7) is 2.51. The highest BCUT2D eigenvalue weighted by Crippen LogP contribution is 2.22. The van der Waals surface area contributed by atoms with E-state index in [1.807, 2.05) is 6.92 Å². The first kappa shape index (κ1) is 12.1. The molecule has 1 N–H and O–H groups in total. The molecule has 3 heterocycles. The van der Waals surface area contributed by atoms with Gasteiger partial charge in [-0.1, -0.05) is 5.16 Å². The van der Waals surface area contributed by atoms with Crippen molar-refractivity contribution in [1.29, 1.82) is 0 Å². The molecule has 0 aromatic carbocycles. The van der Waals surface area contributed by atoms with Crippen LogP contribution in [0, 0.1) is 6.92 Å². The van der Waals surface area contributed by atoms with Gasteiger partial charge in [0.1, 0.15) is 0 Å². The lowest BCUT2D eigenvalue weighted by atomic mass is 10.1. The van der Waals surface area contributed by atoms with Crippen molar-refractivity contribution >= 4 is 17.0 Å². The van der Waals surface area contributed by atoms with E-state index in [0.29, 0.717) is 17.8 Å². The van der Waals surface area contributed by atoms with Crippen LogP contribution in [0.15, 0.2) is 16.8 Å². The molecule has 1 saturated heterocycles. The average Bonchev–Trinajstić information content (AvgIpc) is 3.04. The summed E-state index contributed by atoms with van der Waals surface area (Å²) in [6.07, 6.45) is 3.28. The SMILES string of the molecule is Cc1noc2ncc(C(=O)N3CCCC3CO)cc12. The Morgan fingerprint density at radius 2 is 2.47 bits per heavy atom. The van der Waals surface area contributed by atoms with Gasteiger partial charge in [0.05, 0.1) is 29.3 Å². The highest BCUT2D eigenvalue weighted by molar-refractivity contribution is 5.97. The van der Waals surface area contributed by atoms with Gasteiger partial charge in [-0.25, -0.2) is 4.98 Å². The first-order chi connectivity index (χ1) is 9.20. The highest BCUT2D eigenvalue weighted by Gasteiger charge is 2.29. The number of nitrogens with zero attached hydrogens (tertiary/aromatic N) is 3. The molecule has 0 bridgehead atoms. The molecule has 1 amide bonds. The summed E-state index contributed by atoms with van der Waals surface area (Å²) in [6, 6.07) is 1.68. The summed E-state index contributed by atoms with van der Waals surface area (Å²) in [7, 11) is 0. The highest BCUT2D eigenvalue weighted by atomic mass is 16.5. The van der Waals surface area contributed by atoms with Gasteiger partial charge < -0.3 is 14.5 Å². The predicted octanol–water partition coefficient (Wildman–Crippen LogP) is 1.13. The molecule has 3 rings (SSSR count). The molecular formula is C13H15N3O3. The van der Waals surface area contributed by atoms with E-state index in [-0.39, 0.29) is 18.6 Å². The smallest absolute Gasteiger partial charge is 0.257 e. The van der Waals surface area contributed by atoms with E-state index < -0.39 is 0 Å². The lowest BCUT2D eigenvalue weighted by Crippen LogP contribution is -2.37. The van der Waals surface area contributed by atoms with Crippen LogP contribution in [0.5, 0.6) is 0 Å². The summed E-state index contributed by atoms with van der Waals surface area (Å²) < 4.78 is 5.03. The monoisotopic (exact) mass is 261 g/mol. The number of aromatic nitrogens is 2. The van der Waals surface area contributed by atoms with Crippen LogP contribution >= 0.6 is 0 Å². The van der Waals surface area contributed by atoms with Gasteiger partial charge in [-0.3, -0.25) is 4.79 Å². The van der Waals surface area contributed by atoms with E-state index in [2.05, 4.69) is 10.1 Å². The number of likely N-dealkylation sites (tertiary alicyclic amines) is 1. The fourth-order valence-electron chi connectivity index (χ4n) is 2.52. The third-order valence-corrected chi connectivity index (χ3v) is 3.61. The zero-order valence-corrected chi connectivity index (χ0v) is 10.7. The number of hydrogen-bond donors (Lipinski definition) is 1. The number of aliphatic hydroxyl groups is 1. The van der Waals surface area contributed by atoms with Crippen LogP contribution in [0.2, 0.25) is 0 Å². The molecular weight excluding hydrogens is 246 g/mol. The third kappa shape index (κ3) is 1.98. The standard InChI is InChI=1S/C13H15N3O3/c1-8-11-5-9(6-14-12(11)19-15-8)13(18)16-4-2-3-10(16)7-17/h5-6,10,17H,2-4,7H2,1H3. The zero-order valence-electron chi connectivity index (χ0n) is 10.7. The van der Waals surface area contributed by atoms with E-state index >= 15 is 0 Å². The van der Waals surface area contributed by atoms with Gasteiger partial charge in [0.15, 0.2) is 0 Å². The third-order valence-electron chi connectivity index (χ3n) is 3.61. The van der Waals surface area contributed by atoms with Crippen LogP contribution in [-0.4, -0.2) is 45.2 Å². The minimum absolute atomic E-state index is 0.00765. The Bertz CT molecular complexity index is 623. The average molecular weight is 261 g/mol. The maximum absolute atomic E-state index is 12.4. The zero-order chi connectivity index (χ0) is 13.4. The molecule has 0 spiro atoms. The van der Waals surface area contributed by atoms with Gasteiger partial charge in [-0.15, -0.1) is 0 Å². The van der Waals surface area contributed by atoms with Crippen molar-refractivity contribution in [3.8, 4) is 0 Å². The molecule has 1 aliphatic rings. The molecule has 1 aliphatic heterocycles. The van der Waals surface area contributed by atoms with E-state index in [1.54, 1.807) is 11.0 Å². The molecule has 1 atom stereocenters. The maximum atomic E-state index is 12.4. The van der Waals surface area contributed by atoms with Crippen molar-refractivity contribution in [2.75, 3.05) is 13.2 Å². The van der Waals surface area contributed by atoms with Gasteiger partial charge in [0, 0.05) is 12.7 Å². The van der Waals surface area contributed by atoms with Crippen molar-refractivity contribution in [3.63, 3.8) is 0 Å². The van der Waals surface area contributed by atoms with Crippen molar-refractivity contribution in [1.82, 2.24) is 15.0 Å². The van der Waals surface area contributed by atoms with Crippen LogP contribution in [0.25, 0.3) is 11.1 Å². The van der Waals surface area contributed by atoms with Crippen molar-refractivity contribution < 1.29 is 14.4 Å². The molecule has 0 saturated carbocycles. The topological polar surface area (TPSA) is 79.5 Å². The summed E-state index contributed by atoms with van der Waals surface area (Å²) >= 11 is 0. The lowest BCUT2D eigenvalue weighted by molar-refractivity contribution is 0.0677. The van der Waals surface area contributed by atoms with Crippen molar-refractivity contribution in [3.05, 3.63) is 23.5 Å². The van der Waals surface area contributed by atoms with E-state index in [9.17, 15) is 9.90 Å². The van der Waals surface area contributed by atoms with Crippen LogP contribution in [0.3, 0.4) is 0 Å². The molecule has 100 valence electrons. The first-order valence-electron chi connectivity index (χ1n) is 6.34. The minimum Gasteiger partial charge on any atom is -0.394 e. The summed E-state index contributed by atoms with van der Waals surface area (Å²) in [5.74, 6) is -0.0912. The fraction of sp³-hybridized carbons (Fsp3) is 0.462. The number of carbonyl (C=O) groups excluding carboxylic acids is 1. The molecule has 0 aliphatic carbocycles. The number of fused-ring (bicyclic) bond motifs is 1. The number of rotatable bonds is 2. The van der Waals surface area contributed by atoms with Crippen molar-refractivity contribution in [2.24, 2.45) is 0 Å². The maximum Gasteiger partial charge on any atom is 0.257 e. The van der Waals surface area contributed by atoms with E-state index in [0.717, 1.165) is 23.9 Å². The number of carbonyl (C=O) groups is 1. The molecule has 19 heavy (non-hydrogen) atoms. The van der Waals surface area contributed by atoms with Crippen LogP contribution in [-0.2, 0) is 0 Å². The second kappa shape index (κ2) is 4.62. The Hall–Kier alpha value is -1.95. The predicted molar refractivity (Wildman–Crippen MR) is 67.7 cm³/mol. The second-order valence-corrected chi connectivity index (χ2v) is 4.82. The van der Waals surface area contributed by atoms with Gasteiger partial charge >= 0.3 is 0 Å². The van der Waals surface area contributed by atoms with Gasteiger partial charge in [-0.2, -0.15) is 0 Å². The molecule has 6 heteroatoms. The van der Waals surface area contributed by atoms with Crippen LogP contribution in [0.4, 0.5) is 0 Å². The Labute approximate surface area is 110 Å². The second-order valence-electron chi connectivity index (χ2n) is 4.82. The number of aryl methyl sites for hydroxylation is 1. The van der Waals surface area contributed by atoms with Crippen molar-refractivity contribution in [2.45, 2.75) is 25.8 Å². The van der Waals surface area contributed by atoms with Crippen LogP contribution < -0.4 is 0 Å². The molecule has 2 aromatic rings. The van der Waals surface area contributed by atoms with Gasteiger partial charge in [-0.05, 0) is 25.8 Å². The van der Waals surface area contributed by atoms with E-state index in [4.69, 9.17) is 4.52 Å². The molecule has 0 radical (unpaired) electrons. The molecule has 6 nitrogen and oxygen atoms in total. The Morgan fingerprint density at radius 1 is 1.63 bits per heavy atom. The Kier molecular flexibility index (Phi) is 2.94. The minimum atomic E-state index is -0.0912. The normalized spacial score (nSPS) is 19.3.